The first-order valence-electron chi connectivity index (χ1n) is 7.59. The van der Waals surface area contributed by atoms with E-state index >= 15 is 0 Å². The van der Waals surface area contributed by atoms with Crippen LogP contribution < -0.4 is 5.73 Å². The van der Waals surface area contributed by atoms with Gasteiger partial charge in [-0.15, -0.1) is 0 Å². The molecule has 0 spiro atoms. The van der Waals surface area contributed by atoms with E-state index in [0.29, 0.717) is 19.6 Å². The topological polar surface area (TPSA) is 86.9 Å². The van der Waals surface area contributed by atoms with Crippen molar-refractivity contribution in [3.8, 4) is 0 Å². The molecule has 1 heterocycles. The van der Waals surface area contributed by atoms with Crippen LogP contribution in [0.25, 0.3) is 0 Å². The minimum atomic E-state index is -0.447. The molecule has 6 nitrogen and oxygen atoms in total. The Hall–Kier alpha value is -1.30. The summed E-state index contributed by atoms with van der Waals surface area (Å²) in [6, 6.07) is -0.185. The van der Waals surface area contributed by atoms with Crippen LogP contribution in [0.3, 0.4) is 0 Å². The smallest absolute Gasteiger partial charge is 0.314 e. The van der Waals surface area contributed by atoms with Crippen LogP contribution in [0.5, 0.6) is 0 Å². The van der Waals surface area contributed by atoms with E-state index in [0.717, 1.165) is 38.5 Å². The van der Waals surface area contributed by atoms with Crippen molar-refractivity contribution in [1.29, 1.82) is 0 Å². The number of carbonyl (C=O) groups is 2. The quantitative estimate of drug-likeness (QED) is 0.789. The van der Waals surface area contributed by atoms with E-state index < -0.39 is 6.03 Å². The van der Waals surface area contributed by atoms with E-state index in [1.807, 2.05) is 4.90 Å². The second-order valence-electron chi connectivity index (χ2n) is 5.82. The highest BCUT2D eigenvalue weighted by atomic mass is 16.3. The zero-order valence-corrected chi connectivity index (χ0v) is 12.0. The lowest BCUT2D eigenvalue weighted by molar-refractivity contribution is -0.139. The lowest BCUT2D eigenvalue weighted by Gasteiger charge is -2.36. The molecule has 20 heavy (non-hydrogen) atoms. The Morgan fingerprint density at radius 2 is 1.90 bits per heavy atom. The van der Waals surface area contributed by atoms with Crippen molar-refractivity contribution in [2.24, 2.45) is 11.7 Å². The van der Waals surface area contributed by atoms with Crippen LogP contribution in [0.1, 0.15) is 38.5 Å². The summed E-state index contributed by atoms with van der Waals surface area (Å²) in [5.41, 5.74) is 5.31. The number of aliphatic hydroxyl groups is 1. The molecule has 1 aliphatic heterocycles. The highest BCUT2D eigenvalue weighted by Gasteiger charge is 2.34. The maximum atomic E-state index is 12.7. The number of piperidine rings is 1. The fourth-order valence-corrected chi connectivity index (χ4v) is 3.41. The first-order valence-corrected chi connectivity index (χ1v) is 7.59. The van der Waals surface area contributed by atoms with E-state index in [9.17, 15) is 14.7 Å². The molecule has 2 rings (SSSR count). The molecular weight excluding hydrogens is 258 g/mol. The number of primary amides is 1. The summed E-state index contributed by atoms with van der Waals surface area (Å²) < 4.78 is 0. The molecule has 2 aliphatic rings. The van der Waals surface area contributed by atoms with E-state index in [4.69, 9.17) is 5.73 Å². The number of nitrogens with two attached hydrogens (primary N) is 1. The molecule has 3 amide bonds. The summed E-state index contributed by atoms with van der Waals surface area (Å²) in [5.74, 6) is -0.0831. The van der Waals surface area contributed by atoms with Gasteiger partial charge in [0.25, 0.3) is 0 Å². The molecule has 0 aromatic carbocycles. The Morgan fingerprint density at radius 3 is 2.50 bits per heavy atom. The van der Waals surface area contributed by atoms with Crippen LogP contribution in [0.15, 0.2) is 0 Å². The maximum Gasteiger partial charge on any atom is 0.314 e. The van der Waals surface area contributed by atoms with Gasteiger partial charge >= 0.3 is 6.03 Å². The van der Waals surface area contributed by atoms with Gasteiger partial charge in [-0.25, -0.2) is 4.79 Å². The van der Waals surface area contributed by atoms with Crippen LogP contribution in [-0.2, 0) is 4.79 Å². The van der Waals surface area contributed by atoms with Gasteiger partial charge in [-0.3, -0.25) is 4.79 Å². The molecule has 1 saturated heterocycles. The van der Waals surface area contributed by atoms with E-state index in [1.165, 1.54) is 0 Å². The monoisotopic (exact) mass is 283 g/mol. The largest absolute Gasteiger partial charge is 0.395 e. The van der Waals surface area contributed by atoms with Gasteiger partial charge in [0, 0.05) is 25.7 Å². The van der Waals surface area contributed by atoms with Gasteiger partial charge in [0.1, 0.15) is 0 Å². The number of hydrogen-bond donors (Lipinski definition) is 2. The van der Waals surface area contributed by atoms with E-state index in [1.54, 1.807) is 4.90 Å². The van der Waals surface area contributed by atoms with Gasteiger partial charge in [0.05, 0.1) is 12.5 Å². The lowest BCUT2D eigenvalue weighted by atomic mass is 9.96. The van der Waals surface area contributed by atoms with Crippen LogP contribution in [0.4, 0.5) is 4.79 Å². The molecule has 114 valence electrons. The Balaban J connectivity index is 2.00. The SMILES string of the molecule is NC(=O)N1CCCC(C(=O)N(CCO)C2CCCC2)C1. The molecule has 1 atom stereocenters. The van der Waals surface area contributed by atoms with Crippen molar-refractivity contribution in [1.82, 2.24) is 9.80 Å². The number of nitrogens with zero attached hydrogens (tertiary/aromatic N) is 2. The van der Waals surface area contributed by atoms with E-state index in [-0.39, 0.29) is 24.5 Å². The molecule has 0 aromatic rings. The summed E-state index contributed by atoms with van der Waals surface area (Å²) >= 11 is 0. The van der Waals surface area contributed by atoms with Crippen LogP contribution in [-0.4, -0.2) is 59.1 Å². The number of amides is 3. The molecule has 2 fully saturated rings. The van der Waals surface area contributed by atoms with Crippen molar-refractivity contribution < 1.29 is 14.7 Å². The van der Waals surface area contributed by atoms with Gasteiger partial charge in [-0.2, -0.15) is 0 Å². The third-order valence-electron chi connectivity index (χ3n) is 4.47. The first-order chi connectivity index (χ1) is 9.63. The maximum absolute atomic E-state index is 12.7. The predicted octanol–water partition coefficient (Wildman–Crippen LogP) is 0.541. The van der Waals surface area contributed by atoms with Gasteiger partial charge in [0.2, 0.25) is 5.91 Å². The summed E-state index contributed by atoms with van der Waals surface area (Å²) in [6.45, 7) is 1.45. The number of carbonyl (C=O) groups excluding carboxylic acids is 2. The molecule has 1 saturated carbocycles. The van der Waals surface area contributed by atoms with Gasteiger partial charge in [0.15, 0.2) is 0 Å². The van der Waals surface area contributed by atoms with Crippen LogP contribution in [0.2, 0.25) is 0 Å². The molecule has 0 bridgehead atoms. The molecule has 0 aromatic heterocycles. The third-order valence-corrected chi connectivity index (χ3v) is 4.47. The Bertz CT molecular complexity index is 356. The Kier molecular flexibility index (Phi) is 5.23. The summed E-state index contributed by atoms with van der Waals surface area (Å²) in [5, 5.41) is 9.21. The zero-order chi connectivity index (χ0) is 14.5. The van der Waals surface area contributed by atoms with Crippen LogP contribution in [0, 0.1) is 5.92 Å². The minimum absolute atomic E-state index is 0.00546. The van der Waals surface area contributed by atoms with Gasteiger partial charge in [-0.05, 0) is 25.7 Å². The number of likely N-dealkylation sites (tertiary alicyclic amines) is 1. The number of aliphatic hydroxyl groups excluding tert-OH is 1. The highest BCUT2D eigenvalue weighted by Crippen LogP contribution is 2.27. The number of urea groups is 1. The number of rotatable bonds is 4. The molecule has 3 N–H and O–H groups in total. The third kappa shape index (κ3) is 3.42. The summed E-state index contributed by atoms with van der Waals surface area (Å²) in [7, 11) is 0. The Morgan fingerprint density at radius 1 is 1.20 bits per heavy atom. The van der Waals surface area contributed by atoms with Crippen LogP contribution >= 0.6 is 0 Å². The van der Waals surface area contributed by atoms with Crippen molar-refractivity contribution in [2.45, 2.75) is 44.6 Å². The lowest BCUT2D eigenvalue weighted by Crippen LogP contribution is -2.50. The number of hydrogen-bond acceptors (Lipinski definition) is 3. The molecular formula is C14H25N3O3. The predicted molar refractivity (Wildman–Crippen MR) is 74.9 cm³/mol. The fraction of sp³-hybridized carbons (Fsp3) is 0.857. The van der Waals surface area contributed by atoms with Crippen molar-refractivity contribution in [3.05, 3.63) is 0 Å². The second-order valence-corrected chi connectivity index (χ2v) is 5.82. The molecule has 0 radical (unpaired) electrons. The second kappa shape index (κ2) is 6.92. The van der Waals surface area contributed by atoms with Crippen molar-refractivity contribution >= 4 is 11.9 Å². The summed E-state index contributed by atoms with van der Waals surface area (Å²) in [4.78, 5) is 27.3. The molecule has 6 heteroatoms. The fourth-order valence-electron chi connectivity index (χ4n) is 3.41. The standard InChI is InChI=1S/C14H25N3O3/c15-14(20)16-7-3-4-11(10-16)13(19)17(8-9-18)12-5-1-2-6-12/h11-12,18H,1-10H2,(H2,15,20). The van der Waals surface area contributed by atoms with Crippen molar-refractivity contribution in [2.75, 3.05) is 26.2 Å². The minimum Gasteiger partial charge on any atom is -0.395 e. The first kappa shape index (κ1) is 15.1. The molecule has 1 unspecified atom stereocenters. The van der Waals surface area contributed by atoms with Gasteiger partial charge < -0.3 is 20.6 Å². The Labute approximate surface area is 119 Å². The van der Waals surface area contributed by atoms with Gasteiger partial charge in [-0.1, -0.05) is 12.8 Å². The average Bonchev–Trinajstić information content (AvgIpc) is 2.98. The summed E-state index contributed by atoms with van der Waals surface area (Å²) in [6.07, 6.45) is 5.97. The normalized spacial score (nSPS) is 23.9. The van der Waals surface area contributed by atoms with E-state index in [2.05, 4.69) is 0 Å². The zero-order valence-electron chi connectivity index (χ0n) is 12.0. The van der Waals surface area contributed by atoms with Crippen molar-refractivity contribution in [3.63, 3.8) is 0 Å². The average molecular weight is 283 g/mol. The molecule has 1 aliphatic carbocycles. The highest BCUT2D eigenvalue weighted by molar-refractivity contribution is 5.81.